The van der Waals surface area contributed by atoms with Gasteiger partial charge in [-0.2, -0.15) is 0 Å². The number of hydrogen-bond acceptors (Lipinski definition) is 10. The van der Waals surface area contributed by atoms with E-state index in [9.17, 15) is 28.9 Å². The molecule has 11 nitrogen and oxygen atoms in total. The minimum atomic E-state index is -4.77. The predicted octanol–water partition coefficient (Wildman–Crippen LogP) is 17.5. The second-order valence-electron chi connectivity index (χ2n) is 19.4. The highest BCUT2D eigenvalue weighted by atomic mass is 31.2. The van der Waals surface area contributed by atoms with Crippen molar-refractivity contribution in [2.45, 2.75) is 264 Å². The molecule has 3 unspecified atom stereocenters. The van der Waals surface area contributed by atoms with Gasteiger partial charge in [-0.3, -0.25) is 23.4 Å². The number of phosphoric ester groups is 1. The molecule has 0 aromatic rings. The number of esters is 3. The van der Waals surface area contributed by atoms with E-state index < -0.39 is 57.8 Å². The van der Waals surface area contributed by atoms with Crippen molar-refractivity contribution in [1.82, 2.24) is 0 Å². The average molecular weight is 1060 g/mol. The maximum atomic E-state index is 12.9. The maximum absolute atomic E-state index is 12.9. The SMILES string of the molecule is CC/C=C\C/C=C\C/C=C\C/C=C\CCCCC(=O)OC(COC(=O)CCCCCCCCCCC/C=C\CCCCCCCC)COP(=O)(O)OCC(CO)OC(=O)CCCCCCC/C=C\C/C=C\CCC. The van der Waals surface area contributed by atoms with E-state index in [1.54, 1.807) is 0 Å². The molecule has 0 spiro atoms. The molecule has 0 rings (SSSR count). The van der Waals surface area contributed by atoms with Gasteiger partial charge in [0.2, 0.25) is 0 Å². The summed E-state index contributed by atoms with van der Waals surface area (Å²) in [6.45, 7) is 4.40. The van der Waals surface area contributed by atoms with Crippen LogP contribution in [0.4, 0.5) is 0 Å². The fourth-order valence-corrected chi connectivity index (χ4v) is 8.58. The largest absolute Gasteiger partial charge is 0.472 e. The lowest BCUT2D eigenvalue weighted by Gasteiger charge is -2.21. The fraction of sp³-hybridized carbons (Fsp3) is 0.726. The van der Waals surface area contributed by atoms with Crippen molar-refractivity contribution in [2.75, 3.05) is 26.4 Å². The summed E-state index contributed by atoms with van der Waals surface area (Å²) in [4.78, 5) is 48.5. The lowest BCUT2D eigenvalue weighted by Crippen LogP contribution is -2.30. The fourth-order valence-electron chi connectivity index (χ4n) is 7.79. The Morgan fingerprint density at radius 3 is 1.18 bits per heavy atom. The molecule has 3 atom stereocenters. The Balaban J connectivity index is 4.76. The average Bonchev–Trinajstić information content (AvgIpc) is 3.39. The van der Waals surface area contributed by atoms with E-state index in [-0.39, 0.29) is 25.9 Å². The molecule has 0 bridgehead atoms. The van der Waals surface area contributed by atoms with Crippen LogP contribution in [0.25, 0.3) is 0 Å². The van der Waals surface area contributed by atoms with E-state index in [2.05, 4.69) is 106 Å². The van der Waals surface area contributed by atoms with Crippen molar-refractivity contribution >= 4 is 25.7 Å². The van der Waals surface area contributed by atoms with Crippen LogP contribution in [0, 0.1) is 0 Å². The van der Waals surface area contributed by atoms with Gasteiger partial charge >= 0.3 is 25.7 Å². The lowest BCUT2D eigenvalue weighted by atomic mass is 10.1. The molecule has 0 aromatic heterocycles. The number of aliphatic hydroxyl groups is 1. The Morgan fingerprint density at radius 1 is 0.392 bits per heavy atom. The Hall–Kier alpha value is -3.34. The van der Waals surface area contributed by atoms with E-state index in [0.29, 0.717) is 19.3 Å². The van der Waals surface area contributed by atoms with Gasteiger partial charge in [-0.1, -0.05) is 209 Å². The predicted molar refractivity (Wildman–Crippen MR) is 307 cm³/mol. The van der Waals surface area contributed by atoms with Crippen molar-refractivity contribution in [3.05, 3.63) is 85.1 Å². The molecular formula is C62H107O11P. The van der Waals surface area contributed by atoms with Crippen molar-refractivity contribution < 1.29 is 52.2 Å². The van der Waals surface area contributed by atoms with Gasteiger partial charge in [0.05, 0.1) is 19.8 Å². The van der Waals surface area contributed by atoms with Gasteiger partial charge in [-0.25, -0.2) is 4.57 Å². The second-order valence-corrected chi connectivity index (χ2v) is 20.9. The zero-order valence-electron chi connectivity index (χ0n) is 47.0. The first kappa shape index (κ1) is 70.7. The maximum Gasteiger partial charge on any atom is 0.472 e. The van der Waals surface area contributed by atoms with Gasteiger partial charge in [0, 0.05) is 19.3 Å². The van der Waals surface area contributed by atoms with Crippen molar-refractivity contribution in [3.8, 4) is 0 Å². The van der Waals surface area contributed by atoms with Crippen molar-refractivity contribution in [3.63, 3.8) is 0 Å². The minimum absolute atomic E-state index is 0.112. The van der Waals surface area contributed by atoms with Gasteiger partial charge < -0.3 is 24.2 Å². The van der Waals surface area contributed by atoms with Crippen LogP contribution < -0.4 is 0 Å². The zero-order chi connectivity index (χ0) is 54.1. The summed E-state index contributed by atoms with van der Waals surface area (Å²) in [7, 11) is -4.77. The van der Waals surface area contributed by atoms with Gasteiger partial charge in [0.15, 0.2) is 6.10 Å². The van der Waals surface area contributed by atoms with Crippen molar-refractivity contribution in [2.24, 2.45) is 0 Å². The number of aliphatic hydroxyl groups excluding tert-OH is 1. The van der Waals surface area contributed by atoms with Crippen LogP contribution >= 0.6 is 7.82 Å². The van der Waals surface area contributed by atoms with Gasteiger partial charge in [0.1, 0.15) is 12.7 Å². The zero-order valence-corrected chi connectivity index (χ0v) is 47.9. The second kappa shape index (κ2) is 55.9. The van der Waals surface area contributed by atoms with Crippen LogP contribution in [0.2, 0.25) is 0 Å². The smallest absolute Gasteiger partial charge is 0.462 e. The number of carbonyl (C=O) groups excluding carboxylic acids is 3. The molecule has 12 heteroatoms. The number of phosphoric acid groups is 1. The molecular weight excluding hydrogens is 952 g/mol. The highest BCUT2D eigenvalue weighted by molar-refractivity contribution is 7.47. The summed E-state index contributed by atoms with van der Waals surface area (Å²) >= 11 is 0. The minimum Gasteiger partial charge on any atom is -0.462 e. The van der Waals surface area contributed by atoms with E-state index in [1.807, 2.05) is 0 Å². The van der Waals surface area contributed by atoms with Crippen LogP contribution in [-0.2, 0) is 42.2 Å². The summed E-state index contributed by atoms with van der Waals surface area (Å²) in [5, 5.41) is 9.81. The van der Waals surface area contributed by atoms with Crippen molar-refractivity contribution in [1.29, 1.82) is 0 Å². The lowest BCUT2D eigenvalue weighted by molar-refractivity contribution is -0.161. The summed E-state index contributed by atoms with van der Waals surface area (Å²) in [5.74, 6) is -1.53. The Kier molecular flexibility index (Phi) is 53.4. The third-order valence-corrected chi connectivity index (χ3v) is 13.2. The molecule has 0 aromatic carbocycles. The number of unbranched alkanes of at least 4 members (excludes halogenated alkanes) is 23. The third-order valence-electron chi connectivity index (χ3n) is 12.3. The molecule has 0 heterocycles. The van der Waals surface area contributed by atoms with E-state index in [4.69, 9.17) is 23.3 Å². The first-order valence-corrected chi connectivity index (χ1v) is 31.0. The number of allylic oxidation sites excluding steroid dienone is 14. The molecule has 0 fully saturated rings. The summed E-state index contributed by atoms with van der Waals surface area (Å²) in [6.07, 6.45) is 64.0. The molecule has 0 saturated carbocycles. The highest BCUT2D eigenvalue weighted by Gasteiger charge is 2.28. The van der Waals surface area contributed by atoms with Crippen LogP contribution in [0.3, 0.4) is 0 Å². The summed E-state index contributed by atoms with van der Waals surface area (Å²) < 4.78 is 39.5. The molecule has 0 saturated heterocycles. The molecule has 74 heavy (non-hydrogen) atoms. The Morgan fingerprint density at radius 2 is 0.730 bits per heavy atom. The van der Waals surface area contributed by atoms with E-state index >= 15 is 0 Å². The summed E-state index contributed by atoms with van der Waals surface area (Å²) in [5.41, 5.74) is 0. The third kappa shape index (κ3) is 53.5. The Bertz CT molecular complexity index is 1560. The summed E-state index contributed by atoms with van der Waals surface area (Å²) in [6, 6.07) is 0. The normalized spacial score (nSPS) is 14.0. The van der Waals surface area contributed by atoms with E-state index in [1.165, 1.54) is 83.5 Å². The number of carbonyl (C=O) groups is 3. The molecule has 2 N–H and O–H groups in total. The molecule has 0 aliphatic carbocycles. The highest BCUT2D eigenvalue weighted by Crippen LogP contribution is 2.43. The molecule has 0 aliphatic rings. The quantitative estimate of drug-likeness (QED) is 0.0197. The first-order chi connectivity index (χ1) is 36.2. The topological polar surface area (TPSA) is 155 Å². The van der Waals surface area contributed by atoms with Gasteiger partial charge in [-0.15, -0.1) is 0 Å². The number of rotatable bonds is 54. The monoisotopic (exact) mass is 1060 g/mol. The molecule has 0 aliphatic heterocycles. The van der Waals surface area contributed by atoms with Crippen LogP contribution in [0.1, 0.15) is 252 Å². The van der Waals surface area contributed by atoms with Gasteiger partial charge in [-0.05, 0) is 109 Å². The van der Waals surface area contributed by atoms with E-state index in [0.717, 1.165) is 109 Å². The first-order valence-electron chi connectivity index (χ1n) is 29.5. The van der Waals surface area contributed by atoms with Crippen LogP contribution in [-0.4, -0.2) is 66.5 Å². The molecule has 0 radical (unpaired) electrons. The standard InChI is InChI=1S/C62H107O11P/c1-4-7-10-13-16-19-22-25-27-28-29-30-32-34-36-39-42-45-48-51-60(64)69-55-59(73-62(66)53-50-47-44-41-38-35-31-26-23-20-17-14-11-8-5-2)57-71-74(67,68)70-56-58(54-63)72-61(65)52-49-46-43-40-37-33-24-21-18-15-12-9-6-3/h8,11-12,15,17,20-21,24-27,31,38,41,58-59,63H,4-7,9-10,13-14,16,18-19,22-23,28-30,32-37,39-40,42-57H2,1-3H3,(H,67,68)/b11-8-,15-12-,20-17-,24-21-,27-25-,31-26-,41-38-. The Labute approximate surface area is 451 Å². The van der Waals surface area contributed by atoms with Crippen LogP contribution in [0.5, 0.6) is 0 Å². The van der Waals surface area contributed by atoms with Gasteiger partial charge in [0.25, 0.3) is 0 Å². The van der Waals surface area contributed by atoms with Crippen LogP contribution in [0.15, 0.2) is 85.1 Å². The number of ether oxygens (including phenoxy) is 3. The molecule has 0 amide bonds. The number of hydrogen-bond donors (Lipinski definition) is 2. The molecule has 426 valence electrons.